The van der Waals surface area contributed by atoms with Crippen LogP contribution in [-0.4, -0.2) is 36.1 Å². The molecule has 4 N–H and O–H groups in total. The Morgan fingerprint density at radius 2 is 1.82 bits per heavy atom. The fourth-order valence-corrected chi connectivity index (χ4v) is 3.56. The number of primary amides is 1. The van der Waals surface area contributed by atoms with Crippen LogP contribution in [0.25, 0.3) is 10.9 Å². The summed E-state index contributed by atoms with van der Waals surface area (Å²) in [7, 11) is -3.93. The smallest absolute Gasteiger partial charge is 0.304 e. The molecule has 0 atom stereocenters. The summed E-state index contributed by atoms with van der Waals surface area (Å²) >= 11 is 0. The third-order valence-corrected chi connectivity index (χ3v) is 4.59. The summed E-state index contributed by atoms with van der Waals surface area (Å²) in [6.45, 7) is 4.00. The number of amides is 1. The maximum Gasteiger partial charge on any atom is 0.304 e. The number of rotatable bonds is 5. The largest absolute Gasteiger partial charge is 0.481 e. The van der Waals surface area contributed by atoms with Crippen LogP contribution in [0.5, 0.6) is 0 Å². The van der Waals surface area contributed by atoms with Crippen LogP contribution in [0.2, 0.25) is 0 Å². The lowest BCUT2D eigenvalue weighted by Gasteiger charge is -2.03. The van der Waals surface area contributed by atoms with Gasteiger partial charge in [0.05, 0.1) is 12.2 Å². The minimum Gasteiger partial charge on any atom is -0.481 e. The van der Waals surface area contributed by atoms with E-state index in [9.17, 15) is 18.0 Å². The number of nitrogens with one attached hydrogen (secondary N) is 1. The zero-order chi connectivity index (χ0) is 16.9. The quantitative estimate of drug-likeness (QED) is 0.767. The van der Waals surface area contributed by atoms with Crippen molar-refractivity contribution < 1.29 is 23.1 Å². The molecule has 0 aliphatic carbocycles. The number of hydrogen-bond donors (Lipinski definition) is 3. The number of benzene rings is 1. The zero-order valence-corrected chi connectivity index (χ0v) is 13.1. The Morgan fingerprint density at radius 1 is 1.23 bits per heavy atom. The number of sulfone groups is 1. The topological polar surface area (TPSA) is 130 Å². The third kappa shape index (κ3) is 3.64. The van der Waals surface area contributed by atoms with Gasteiger partial charge in [0, 0.05) is 10.9 Å². The molecule has 0 aliphatic rings. The molecule has 0 bridgehead atoms. The van der Waals surface area contributed by atoms with Gasteiger partial charge in [-0.25, -0.2) is 8.42 Å². The van der Waals surface area contributed by atoms with E-state index in [1.54, 1.807) is 18.2 Å². The highest BCUT2D eigenvalue weighted by molar-refractivity contribution is 7.91. The molecule has 7 nitrogen and oxygen atoms in total. The number of carboxylic acid groups (broad SMARTS) is 1. The lowest BCUT2D eigenvalue weighted by atomic mass is 10.2. The predicted octanol–water partition coefficient (Wildman–Crippen LogP) is 1.54. The van der Waals surface area contributed by atoms with Crippen molar-refractivity contribution in [2.24, 2.45) is 5.73 Å². The number of carbonyl (C=O) groups excluding carboxylic acids is 1. The van der Waals surface area contributed by atoms with Gasteiger partial charge in [-0.1, -0.05) is 32.0 Å². The van der Waals surface area contributed by atoms with Crippen molar-refractivity contribution in [2.45, 2.75) is 25.2 Å². The highest BCUT2D eigenvalue weighted by Crippen LogP contribution is 2.28. The van der Waals surface area contributed by atoms with Gasteiger partial charge >= 0.3 is 5.97 Å². The van der Waals surface area contributed by atoms with Gasteiger partial charge in [-0.15, -0.1) is 0 Å². The van der Waals surface area contributed by atoms with Gasteiger partial charge in [0.25, 0.3) is 5.91 Å². The molecule has 0 saturated heterocycles. The number of aromatic amines is 1. The second kappa shape index (κ2) is 7.08. The Morgan fingerprint density at radius 3 is 2.36 bits per heavy atom. The Hall–Kier alpha value is -2.35. The van der Waals surface area contributed by atoms with Crippen molar-refractivity contribution >= 4 is 32.6 Å². The minimum absolute atomic E-state index is 0.225. The molecule has 0 spiro atoms. The fourth-order valence-electron chi connectivity index (χ4n) is 1.94. The molecule has 2 rings (SSSR count). The molecule has 1 heterocycles. The number of H-pyrrole nitrogens is 1. The third-order valence-electron chi connectivity index (χ3n) is 2.80. The van der Waals surface area contributed by atoms with Crippen molar-refractivity contribution in [3.63, 3.8) is 0 Å². The first-order valence-electron chi connectivity index (χ1n) is 6.68. The highest BCUT2D eigenvalue weighted by Gasteiger charge is 2.27. The van der Waals surface area contributed by atoms with Crippen LogP contribution in [0.15, 0.2) is 29.2 Å². The average molecular weight is 326 g/mol. The molecule has 0 fully saturated rings. The van der Waals surface area contributed by atoms with Gasteiger partial charge in [-0.3, -0.25) is 9.59 Å². The lowest BCUT2D eigenvalue weighted by Crippen LogP contribution is -2.18. The van der Waals surface area contributed by atoms with Gasteiger partial charge in [-0.05, 0) is 6.07 Å². The monoisotopic (exact) mass is 326 g/mol. The number of fused-ring (bicyclic) bond motifs is 1. The van der Waals surface area contributed by atoms with Gasteiger partial charge in [0.1, 0.15) is 10.6 Å². The van der Waals surface area contributed by atoms with Crippen LogP contribution < -0.4 is 5.73 Å². The van der Waals surface area contributed by atoms with E-state index in [4.69, 9.17) is 10.8 Å². The van der Waals surface area contributed by atoms with Crippen molar-refractivity contribution in [1.82, 2.24) is 4.98 Å². The van der Waals surface area contributed by atoms with E-state index in [0.29, 0.717) is 10.9 Å². The predicted molar refractivity (Wildman–Crippen MR) is 82.5 cm³/mol. The molecule has 1 aromatic carbocycles. The Balaban J connectivity index is 0.00000116. The zero-order valence-electron chi connectivity index (χ0n) is 12.3. The second-order valence-electron chi connectivity index (χ2n) is 4.20. The average Bonchev–Trinajstić information content (AvgIpc) is 2.88. The SMILES string of the molecule is CC.NC(=O)c1[nH]c2ccccc2c1S(=O)(=O)CCC(=O)O. The first kappa shape index (κ1) is 17.7. The Bertz CT molecular complexity index is 793. The second-order valence-corrected chi connectivity index (χ2v) is 6.25. The van der Waals surface area contributed by atoms with E-state index >= 15 is 0 Å². The first-order chi connectivity index (χ1) is 10.3. The van der Waals surface area contributed by atoms with Crippen LogP contribution in [0.3, 0.4) is 0 Å². The summed E-state index contributed by atoms with van der Waals surface area (Å²) in [6, 6.07) is 6.44. The van der Waals surface area contributed by atoms with E-state index in [1.165, 1.54) is 6.07 Å². The molecular formula is C14H18N2O5S. The van der Waals surface area contributed by atoms with Crippen LogP contribution in [-0.2, 0) is 14.6 Å². The van der Waals surface area contributed by atoms with Gasteiger partial charge in [-0.2, -0.15) is 0 Å². The molecule has 0 aliphatic heterocycles. The molecule has 0 radical (unpaired) electrons. The maximum atomic E-state index is 12.2. The van der Waals surface area contributed by atoms with Crippen LogP contribution in [0.4, 0.5) is 0 Å². The van der Waals surface area contributed by atoms with Gasteiger partial charge in [0.2, 0.25) is 0 Å². The number of aromatic nitrogens is 1. The number of carbonyl (C=O) groups is 2. The number of carboxylic acids is 1. The highest BCUT2D eigenvalue weighted by atomic mass is 32.2. The molecule has 1 aromatic heterocycles. The van der Waals surface area contributed by atoms with Crippen LogP contribution in [0.1, 0.15) is 30.8 Å². The standard InChI is InChI=1S/C12H12N2O5S.C2H6/c13-12(17)10-11(20(18,19)6-5-9(15)16)7-3-1-2-4-8(7)14-10;1-2/h1-4,14H,5-6H2,(H2,13,17)(H,15,16);1-2H3. The summed E-state index contributed by atoms with van der Waals surface area (Å²) < 4.78 is 24.5. The molecule has 120 valence electrons. The van der Waals surface area contributed by atoms with Crippen molar-refractivity contribution in [3.05, 3.63) is 30.0 Å². The number of nitrogens with two attached hydrogens (primary N) is 1. The van der Waals surface area contributed by atoms with E-state index < -0.39 is 33.9 Å². The molecule has 0 saturated carbocycles. The molecule has 1 amide bonds. The van der Waals surface area contributed by atoms with E-state index in [0.717, 1.165) is 0 Å². The van der Waals surface area contributed by atoms with Crippen molar-refractivity contribution in [1.29, 1.82) is 0 Å². The molecule has 2 aromatic rings. The van der Waals surface area contributed by atoms with Crippen molar-refractivity contribution in [2.75, 3.05) is 5.75 Å². The normalized spacial score (nSPS) is 10.8. The molecule has 0 unspecified atom stereocenters. The summed E-state index contributed by atoms with van der Waals surface area (Å²) in [5.41, 5.74) is 5.41. The Labute approximate surface area is 128 Å². The van der Waals surface area contributed by atoms with E-state index in [-0.39, 0.29) is 10.6 Å². The fraction of sp³-hybridized carbons (Fsp3) is 0.286. The van der Waals surface area contributed by atoms with Crippen molar-refractivity contribution in [3.8, 4) is 0 Å². The summed E-state index contributed by atoms with van der Waals surface area (Å²) in [5, 5.41) is 8.93. The number of hydrogen-bond acceptors (Lipinski definition) is 4. The van der Waals surface area contributed by atoms with Crippen LogP contribution in [0, 0.1) is 0 Å². The summed E-state index contributed by atoms with van der Waals surface area (Å²) in [5.74, 6) is -2.73. The van der Waals surface area contributed by atoms with Crippen LogP contribution >= 0.6 is 0 Å². The van der Waals surface area contributed by atoms with Gasteiger partial charge < -0.3 is 15.8 Å². The summed E-state index contributed by atoms with van der Waals surface area (Å²) in [4.78, 5) is 24.3. The number of aliphatic carboxylic acids is 1. The summed E-state index contributed by atoms with van der Waals surface area (Å²) in [6.07, 6.45) is -0.542. The lowest BCUT2D eigenvalue weighted by molar-refractivity contribution is -0.136. The molecule has 22 heavy (non-hydrogen) atoms. The van der Waals surface area contributed by atoms with E-state index in [2.05, 4.69) is 4.98 Å². The van der Waals surface area contributed by atoms with E-state index in [1.807, 2.05) is 13.8 Å². The molecular weight excluding hydrogens is 308 g/mol. The maximum absolute atomic E-state index is 12.2. The first-order valence-corrected chi connectivity index (χ1v) is 8.33. The minimum atomic E-state index is -3.93. The number of para-hydroxylation sites is 1. The molecule has 8 heteroatoms. The van der Waals surface area contributed by atoms with Gasteiger partial charge in [0.15, 0.2) is 9.84 Å². The Kier molecular flexibility index (Phi) is 5.69.